The van der Waals surface area contributed by atoms with Crippen molar-refractivity contribution in [3.8, 4) is 6.01 Å². The fourth-order valence-corrected chi connectivity index (χ4v) is 3.35. The summed E-state index contributed by atoms with van der Waals surface area (Å²) in [6.07, 6.45) is 10.2. The number of nitrogens with zero attached hydrogens (tertiary/aromatic N) is 4. The molecule has 3 rings (SSSR count). The monoisotopic (exact) mass is 427 g/mol. The van der Waals surface area contributed by atoms with Crippen molar-refractivity contribution in [2.45, 2.75) is 11.8 Å². The van der Waals surface area contributed by atoms with E-state index >= 15 is 0 Å². The van der Waals surface area contributed by atoms with Crippen molar-refractivity contribution < 1.29 is 17.3 Å². The maximum absolute atomic E-state index is 12.1. The molecule has 10 heteroatoms. The quantitative estimate of drug-likeness (QED) is 0.406. The first-order valence-corrected chi connectivity index (χ1v) is 10.5. The number of hydrogen-bond acceptors (Lipinski definition) is 9. The van der Waals surface area contributed by atoms with Crippen LogP contribution < -0.4 is 10.1 Å². The SMILES string of the molecule is CNc1ncc(C=Cc2cnc(OCCOS(=O)(=O)c3cccc(C)c3)nc2)cn1. The van der Waals surface area contributed by atoms with Crippen molar-refractivity contribution >= 4 is 28.2 Å². The van der Waals surface area contributed by atoms with Gasteiger partial charge in [0.25, 0.3) is 10.1 Å². The van der Waals surface area contributed by atoms with Gasteiger partial charge in [-0.15, -0.1) is 0 Å². The molecule has 0 aliphatic carbocycles. The van der Waals surface area contributed by atoms with Crippen LogP contribution >= 0.6 is 0 Å². The Balaban J connectivity index is 1.48. The van der Waals surface area contributed by atoms with Gasteiger partial charge in [-0.1, -0.05) is 24.3 Å². The Kier molecular flexibility index (Phi) is 7.04. The summed E-state index contributed by atoms with van der Waals surface area (Å²) < 4.78 is 34.6. The predicted octanol–water partition coefficient (Wildman–Crippen LogP) is 2.57. The predicted molar refractivity (Wildman–Crippen MR) is 112 cm³/mol. The fraction of sp³-hybridized carbons (Fsp3) is 0.200. The Hall–Kier alpha value is -3.37. The third-order valence-corrected chi connectivity index (χ3v) is 5.15. The molecule has 0 radical (unpaired) electrons. The van der Waals surface area contributed by atoms with E-state index in [-0.39, 0.29) is 24.1 Å². The van der Waals surface area contributed by atoms with Gasteiger partial charge in [0.2, 0.25) is 5.95 Å². The lowest BCUT2D eigenvalue weighted by atomic mass is 10.2. The lowest BCUT2D eigenvalue weighted by Gasteiger charge is -2.07. The van der Waals surface area contributed by atoms with Gasteiger partial charge in [-0.3, -0.25) is 4.18 Å². The van der Waals surface area contributed by atoms with Gasteiger partial charge in [0.05, 0.1) is 4.90 Å². The summed E-state index contributed by atoms with van der Waals surface area (Å²) >= 11 is 0. The van der Waals surface area contributed by atoms with Crippen LogP contribution in [-0.4, -0.2) is 48.6 Å². The number of hydrogen-bond donors (Lipinski definition) is 1. The van der Waals surface area contributed by atoms with E-state index in [0.717, 1.165) is 16.7 Å². The molecule has 2 heterocycles. The number of aryl methyl sites for hydroxylation is 1. The van der Waals surface area contributed by atoms with Crippen LogP contribution in [0.3, 0.4) is 0 Å². The van der Waals surface area contributed by atoms with E-state index in [0.29, 0.717) is 5.95 Å². The minimum absolute atomic E-state index is 0.00458. The maximum Gasteiger partial charge on any atom is 0.316 e. The summed E-state index contributed by atoms with van der Waals surface area (Å²) in [4.78, 5) is 16.5. The third-order valence-electron chi connectivity index (χ3n) is 3.84. The van der Waals surface area contributed by atoms with Crippen LogP contribution in [0.25, 0.3) is 12.2 Å². The van der Waals surface area contributed by atoms with E-state index in [1.54, 1.807) is 44.0 Å². The molecule has 0 saturated heterocycles. The minimum atomic E-state index is -3.83. The highest BCUT2D eigenvalue weighted by atomic mass is 32.2. The smallest absolute Gasteiger partial charge is 0.316 e. The fourth-order valence-electron chi connectivity index (χ4n) is 2.35. The number of benzene rings is 1. The standard InChI is InChI=1S/C20H21N5O4S/c1-15-4-3-5-18(10-15)30(26,27)29-9-8-28-20-24-13-17(14-25-20)7-6-16-11-22-19(21-2)23-12-16/h3-7,10-14H,8-9H2,1-2H3,(H,21,22,23). The molecule has 0 aliphatic heterocycles. The van der Waals surface area contributed by atoms with Crippen LogP contribution in [0.1, 0.15) is 16.7 Å². The van der Waals surface area contributed by atoms with Crippen molar-refractivity contribution in [2.75, 3.05) is 25.6 Å². The normalized spacial score (nSPS) is 11.5. The Morgan fingerprint density at radius 3 is 2.20 bits per heavy atom. The van der Waals surface area contributed by atoms with Crippen LogP contribution in [0.2, 0.25) is 0 Å². The molecule has 0 fully saturated rings. The molecule has 0 atom stereocenters. The summed E-state index contributed by atoms with van der Waals surface area (Å²) in [5, 5.41) is 2.85. The second kappa shape index (κ2) is 9.90. The van der Waals surface area contributed by atoms with Gasteiger partial charge in [0, 0.05) is 43.0 Å². The van der Waals surface area contributed by atoms with E-state index < -0.39 is 10.1 Å². The molecule has 1 aromatic carbocycles. The number of rotatable bonds is 9. The molecule has 2 aromatic heterocycles. The molecular formula is C20H21N5O4S. The first-order valence-electron chi connectivity index (χ1n) is 9.05. The van der Waals surface area contributed by atoms with Gasteiger partial charge in [0.15, 0.2) is 0 Å². The van der Waals surface area contributed by atoms with Crippen LogP contribution in [0, 0.1) is 6.92 Å². The molecule has 3 aromatic rings. The van der Waals surface area contributed by atoms with Crippen molar-refractivity contribution in [1.29, 1.82) is 0 Å². The summed E-state index contributed by atoms with van der Waals surface area (Å²) in [7, 11) is -2.08. The first kappa shape index (κ1) is 21.3. The average Bonchev–Trinajstić information content (AvgIpc) is 2.76. The van der Waals surface area contributed by atoms with E-state index in [1.165, 1.54) is 6.07 Å². The Morgan fingerprint density at radius 2 is 1.60 bits per heavy atom. The second-order valence-electron chi connectivity index (χ2n) is 6.16. The van der Waals surface area contributed by atoms with E-state index in [9.17, 15) is 8.42 Å². The van der Waals surface area contributed by atoms with Gasteiger partial charge >= 0.3 is 6.01 Å². The highest BCUT2D eigenvalue weighted by molar-refractivity contribution is 7.86. The zero-order chi connectivity index (χ0) is 21.4. The van der Waals surface area contributed by atoms with Crippen LogP contribution in [0.4, 0.5) is 5.95 Å². The Bertz CT molecular complexity index is 1100. The lowest BCUT2D eigenvalue weighted by Crippen LogP contribution is -2.14. The van der Waals surface area contributed by atoms with Crippen LogP contribution in [0.15, 0.2) is 53.9 Å². The second-order valence-corrected chi connectivity index (χ2v) is 7.78. The summed E-state index contributed by atoms with van der Waals surface area (Å²) in [6, 6.07) is 6.64. The van der Waals surface area contributed by atoms with Crippen LogP contribution in [-0.2, 0) is 14.3 Å². The largest absolute Gasteiger partial charge is 0.461 e. The molecule has 0 bridgehead atoms. The minimum Gasteiger partial charge on any atom is -0.461 e. The molecule has 0 aliphatic rings. The molecular weight excluding hydrogens is 406 g/mol. The highest BCUT2D eigenvalue weighted by Crippen LogP contribution is 2.14. The molecule has 9 nitrogen and oxygen atoms in total. The van der Waals surface area contributed by atoms with Crippen molar-refractivity contribution in [2.24, 2.45) is 0 Å². The molecule has 1 N–H and O–H groups in total. The van der Waals surface area contributed by atoms with Gasteiger partial charge < -0.3 is 10.1 Å². The van der Waals surface area contributed by atoms with Crippen molar-refractivity contribution in [1.82, 2.24) is 19.9 Å². The van der Waals surface area contributed by atoms with Crippen molar-refractivity contribution in [3.63, 3.8) is 0 Å². The van der Waals surface area contributed by atoms with Crippen LogP contribution in [0.5, 0.6) is 6.01 Å². The molecule has 156 valence electrons. The number of aromatic nitrogens is 4. The van der Waals surface area contributed by atoms with Gasteiger partial charge in [0.1, 0.15) is 13.2 Å². The maximum atomic E-state index is 12.1. The lowest BCUT2D eigenvalue weighted by molar-refractivity contribution is 0.209. The summed E-state index contributed by atoms with van der Waals surface area (Å²) in [6.45, 7) is 1.66. The molecule has 0 amide bonds. The molecule has 30 heavy (non-hydrogen) atoms. The average molecular weight is 427 g/mol. The summed E-state index contributed by atoms with van der Waals surface area (Å²) in [5.41, 5.74) is 2.43. The zero-order valence-electron chi connectivity index (χ0n) is 16.5. The summed E-state index contributed by atoms with van der Waals surface area (Å²) in [5.74, 6) is 0.549. The topological polar surface area (TPSA) is 116 Å². The van der Waals surface area contributed by atoms with E-state index in [4.69, 9.17) is 8.92 Å². The van der Waals surface area contributed by atoms with E-state index in [1.807, 2.05) is 25.1 Å². The number of anilines is 1. The molecule has 0 saturated carbocycles. The molecule has 0 spiro atoms. The first-order chi connectivity index (χ1) is 14.5. The Morgan fingerprint density at radius 1 is 0.967 bits per heavy atom. The van der Waals surface area contributed by atoms with E-state index in [2.05, 4.69) is 25.3 Å². The molecule has 0 unspecified atom stereocenters. The third kappa shape index (κ3) is 6.06. The zero-order valence-corrected chi connectivity index (χ0v) is 17.3. The number of ether oxygens (including phenoxy) is 1. The Labute approximate surface area is 175 Å². The van der Waals surface area contributed by atoms with Crippen molar-refractivity contribution in [3.05, 3.63) is 65.7 Å². The highest BCUT2D eigenvalue weighted by Gasteiger charge is 2.15. The van der Waals surface area contributed by atoms with Gasteiger partial charge in [-0.25, -0.2) is 19.9 Å². The van der Waals surface area contributed by atoms with Gasteiger partial charge in [-0.05, 0) is 24.6 Å². The number of nitrogens with one attached hydrogen (secondary N) is 1. The van der Waals surface area contributed by atoms with Gasteiger partial charge in [-0.2, -0.15) is 8.42 Å².